The van der Waals surface area contributed by atoms with Gasteiger partial charge in [-0.3, -0.25) is 0 Å². The zero-order valence-electron chi connectivity index (χ0n) is 16.1. The number of fused-ring (bicyclic) bond motifs is 1. The van der Waals surface area contributed by atoms with Gasteiger partial charge >= 0.3 is 0 Å². The van der Waals surface area contributed by atoms with Crippen LogP contribution in [0.5, 0.6) is 23.0 Å². The van der Waals surface area contributed by atoms with Gasteiger partial charge in [0.2, 0.25) is 0 Å². The molecule has 1 heterocycles. The number of methoxy groups -OCH3 is 1. The summed E-state index contributed by atoms with van der Waals surface area (Å²) < 4.78 is 22.6. The van der Waals surface area contributed by atoms with Gasteiger partial charge in [0.25, 0.3) is 0 Å². The standard InChI is InChI=1S/C23H22ClNO4/c1-26-22-12-16(6-8-20(22)29-15-17-4-2-3-5-19(17)24)14-25-18-7-9-21-23(13-18)28-11-10-27-21/h2-9,12-13,25H,10-11,14-15H2,1H3. The molecule has 0 fully saturated rings. The predicted molar refractivity (Wildman–Crippen MR) is 114 cm³/mol. The van der Waals surface area contributed by atoms with Gasteiger partial charge in [0.1, 0.15) is 19.8 Å². The van der Waals surface area contributed by atoms with Crippen molar-refractivity contribution < 1.29 is 18.9 Å². The van der Waals surface area contributed by atoms with E-state index >= 15 is 0 Å². The lowest BCUT2D eigenvalue weighted by Crippen LogP contribution is -2.15. The Labute approximate surface area is 175 Å². The summed E-state index contributed by atoms with van der Waals surface area (Å²) in [5.41, 5.74) is 2.97. The molecule has 1 N–H and O–H groups in total. The van der Waals surface area contributed by atoms with Crippen molar-refractivity contribution in [3.05, 3.63) is 76.8 Å². The Hall–Kier alpha value is -3.05. The normalized spacial score (nSPS) is 12.3. The average Bonchev–Trinajstić information content (AvgIpc) is 2.77. The second-order valence-corrected chi connectivity index (χ2v) is 6.98. The largest absolute Gasteiger partial charge is 0.493 e. The van der Waals surface area contributed by atoms with Crippen LogP contribution in [-0.2, 0) is 13.2 Å². The number of ether oxygens (including phenoxy) is 4. The number of halogens is 1. The van der Waals surface area contributed by atoms with Crippen molar-refractivity contribution in [2.45, 2.75) is 13.2 Å². The molecule has 3 aromatic rings. The highest BCUT2D eigenvalue weighted by atomic mass is 35.5. The minimum absolute atomic E-state index is 0.380. The number of rotatable bonds is 7. The Morgan fingerprint density at radius 2 is 1.76 bits per heavy atom. The molecule has 0 aliphatic carbocycles. The second kappa shape index (κ2) is 8.97. The molecule has 150 valence electrons. The predicted octanol–water partition coefficient (Wildman–Crippen LogP) is 5.31. The SMILES string of the molecule is COc1cc(CNc2ccc3c(c2)OCCO3)ccc1OCc1ccccc1Cl. The van der Waals surface area contributed by atoms with Gasteiger partial charge in [0.05, 0.1) is 7.11 Å². The molecule has 29 heavy (non-hydrogen) atoms. The quantitative estimate of drug-likeness (QED) is 0.570. The molecule has 3 aromatic carbocycles. The average molecular weight is 412 g/mol. The van der Waals surface area contributed by atoms with Crippen LogP contribution in [0.15, 0.2) is 60.7 Å². The van der Waals surface area contributed by atoms with E-state index in [1.807, 2.05) is 60.7 Å². The zero-order chi connectivity index (χ0) is 20.1. The molecule has 0 saturated carbocycles. The minimum Gasteiger partial charge on any atom is -0.493 e. The first-order valence-corrected chi connectivity index (χ1v) is 9.77. The fraction of sp³-hybridized carbons (Fsp3) is 0.217. The van der Waals surface area contributed by atoms with Crippen molar-refractivity contribution in [3.8, 4) is 23.0 Å². The molecule has 0 radical (unpaired) electrons. The van der Waals surface area contributed by atoms with Gasteiger partial charge in [0, 0.05) is 28.9 Å². The Bertz CT molecular complexity index is 992. The first-order chi connectivity index (χ1) is 14.2. The molecule has 0 amide bonds. The lowest BCUT2D eigenvalue weighted by Gasteiger charge is -2.19. The van der Waals surface area contributed by atoms with E-state index in [1.165, 1.54) is 0 Å². The minimum atomic E-state index is 0.380. The van der Waals surface area contributed by atoms with Gasteiger partial charge in [-0.1, -0.05) is 35.9 Å². The molecule has 1 aliphatic heterocycles. The van der Waals surface area contributed by atoms with E-state index < -0.39 is 0 Å². The molecule has 0 aromatic heterocycles. The maximum Gasteiger partial charge on any atom is 0.163 e. The first kappa shape index (κ1) is 19.3. The third-order valence-corrected chi connectivity index (χ3v) is 4.98. The maximum absolute atomic E-state index is 6.20. The second-order valence-electron chi connectivity index (χ2n) is 6.58. The summed E-state index contributed by atoms with van der Waals surface area (Å²) in [4.78, 5) is 0. The van der Waals surface area contributed by atoms with Crippen LogP contribution in [-0.4, -0.2) is 20.3 Å². The molecule has 5 nitrogen and oxygen atoms in total. The smallest absolute Gasteiger partial charge is 0.163 e. The molecular formula is C23H22ClNO4. The summed E-state index contributed by atoms with van der Waals surface area (Å²) in [7, 11) is 1.63. The number of anilines is 1. The summed E-state index contributed by atoms with van der Waals surface area (Å²) in [5.74, 6) is 2.90. The molecule has 0 atom stereocenters. The van der Waals surface area contributed by atoms with Crippen LogP contribution in [0.25, 0.3) is 0 Å². The summed E-state index contributed by atoms with van der Waals surface area (Å²) in [6.45, 7) is 2.18. The van der Waals surface area contributed by atoms with Gasteiger partial charge in [-0.15, -0.1) is 0 Å². The Morgan fingerprint density at radius 3 is 2.59 bits per heavy atom. The summed E-state index contributed by atoms with van der Waals surface area (Å²) in [6.07, 6.45) is 0. The van der Waals surface area contributed by atoms with Crippen LogP contribution >= 0.6 is 11.6 Å². The molecule has 4 rings (SSSR count). The van der Waals surface area contributed by atoms with E-state index in [0.717, 1.165) is 28.3 Å². The van der Waals surface area contributed by atoms with Crippen LogP contribution in [0.4, 0.5) is 5.69 Å². The zero-order valence-corrected chi connectivity index (χ0v) is 16.9. The van der Waals surface area contributed by atoms with Crippen LogP contribution in [0.1, 0.15) is 11.1 Å². The van der Waals surface area contributed by atoms with Crippen LogP contribution < -0.4 is 24.3 Å². The van der Waals surface area contributed by atoms with Crippen LogP contribution in [0.2, 0.25) is 5.02 Å². The summed E-state index contributed by atoms with van der Waals surface area (Å²) >= 11 is 6.20. The molecule has 6 heteroatoms. The van der Waals surface area contributed by atoms with E-state index in [4.69, 9.17) is 30.5 Å². The first-order valence-electron chi connectivity index (χ1n) is 9.39. The topological polar surface area (TPSA) is 49.0 Å². The van der Waals surface area contributed by atoms with Crippen molar-refractivity contribution >= 4 is 17.3 Å². The van der Waals surface area contributed by atoms with Gasteiger partial charge in [-0.2, -0.15) is 0 Å². The van der Waals surface area contributed by atoms with E-state index in [2.05, 4.69) is 5.32 Å². The van der Waals surface area contributed by atoms with Crippen molar-refractivity contribution in [1.82, 2.24) is 0 Å². The molecule has 1 aliphatic rings. The maximum atomic E-state index is 6.20. The fourth-order valence-corrected chi connectivity index (χ4v) is 3.26. The van der Waals surface area contributed by atoms with E-state index in [0.29, 0.717) is 42.9 Å². The number of nitrogens with one attached hydrogen (secondary N) is 1. The fourth-order valence-electron chi connectivity index (χ4n) is 3.07. The molecule has 0 unspecified atom stereocenters. The monoisotopic (exact) mass is 411 g/mol. The van der Waals surface area contributed by atoms with Gasteiger partial charge in [0.15, 0.2) is 23.0 Å². The Kier molecular flexibility index (Phi) is 5.96. The lowest BCUT2D eigenvalue weighted by atomic mass is 10.2. The van der Waals surface area contributed by atoms with E-state index in [9.17, 15) is 0 Å². The van der Waals surface area contributed by atoms with E-state index in [-0.39, 0.29) is 0 Å². The van der Waals surface area contributed by atoms with Gasteiger partial charge in [-0.05, 0) is 35.9 Å². The van der Waals surface area contributed by atoms with Crippen LogP contribution in [0, 0.1) is 0 Å². The van der Waals surface area contributed by atoms with E-state index in [1.54, 1.807) is 7.11 Å². The third kappa shape index (κ3) is 4.69. The molecule has 0 saturated heterocycles. The summed E-state index contributed by atoms with van der Waals surface area (Å²) in [5, 5.41) is 4.08. The Balaban J connectivity index is 1.40. The van der Waals surface area contributed by atoms with Crippen molar-refractivity contribution in [1.29, 1.82) is 0 Å². The molecular weight excluding hydrogens is 390 g/mol. The van der Waals surface area contributed by atoms with Gasteiger partial charge < -0.3 is 24.3 Å². The number of benzene rings is 3. The number of hydrogen-bond donors (Lipinski definition) is 1. The molecule has 0 bridgehead atoms. The molecule has 0 spiro atoms. The van der Waals surface area contributed by atoms with Crippen molar-refractivity contribution in [2.24, 2.45) is 0 Å². The van der Waals surface area contributed by atoms with Gasteiger partial charge in [-0.25, -0.2) is 0 Å². The highest BCUT2D eigenvalue weighted by Gasteiger charge is 2.12. The lowest BCUT2D eigenvalue weighted by molar-refractivity contribution is 0.171. The van der Waals surface area contributed by atoms with Crippen molar-refractivity contribution in [2.75, 3.05) is 25.6 Å². The van der Waals surface area contributed by atoms with Crippen molar-refractivity contribution in [3.63, 3.8) is 0 Å². The Morgan fingerprint density at radius 1 is 0.931 bits per heavy atom. The summed E-state index contributed by atoms with van der Waals surface area (Å²) in [6, 6.07) is 19.4. The van der Waals surface area contributed by atoms with Crippen LogP contribution in [0.3, 0.4) is 0 Å². The highest BCUT2D eigenvalue weighted by Crippen LogP contribution is 2.33. The third-order valence-electron chi connectivity index (χ3n) is 4.61. The highest BCUT2D eigenvalue weighted by molar-refractivity contribution is 6.31. The number of hydrogen-bond acceptors (Lipinski definition) is 5.